The summed E-state index contributed by atoms with van der Waals surface area (Å²) < 4.78 is 0. The van der Waals surface area contributed by atoms with Crippen LogP contribution in [0.15, 0.2) is 67.3 Å². The Labute approximate surface area is 159 Å². The molecule has 0 bridgehead atoms. The Morgan fingerprint density at radius 3 is 2.23 bits per heavy atom. The Balaban J connectivity index is 0. The van der Waals surface area contributed by atoms with Crippen LogP contribution in [0.1, 0.15) is 46.7 Å². The summed E-state index contributed by atoms with van der Waals surface area (Å²) in [5, 5.41) is 2.85. The molecule has 1 aliphatic heterocycles. The zero-order chi connectivity index (χ0) is 18.7. The van der Waals surface area contributed by atoms with Gasteiger partial charge in [0, 0.05) is 7.11 Å². The highest BCUT2D eigenvalue weighted by Crippen LogP contribution is 2.30. The summed E-state index contributed by atoms with van der Waals surface area (Å²) >= 11 is 0. The van der Waals surface area contributed by atoms with Crippen LogP contribution in [0, 0.1) is 11.8 Å². The number of para-hydroxylation sites is 1. The van der Waals surface area contributed by atoms with Gasteiger partial charge in [-0.05, 0) is 24.1 Å². The first-order valence-corrected chi connectivity index (χ1v) is 8.45. The lowest BCUT2D eigenvalue weighted by Crippen LogP contribution is -2.35. The average Bonchev–Trinajstić information content (AvgIpc) is 2.65. The first kappa shape index (κ1) is 23.2. The number of carbonyl (C=O) groups is 1. The van der Waals surface area contributed by atoms with Gasteiger partial charge >= 0.3 is 0 Å². The van der Waals surface area contributed by atoms with E-state index in [9.17, 15) is 4.79 Å². The zero-order valence-electron chi connectivity index (χ0n) is 15.1. The minimum absolute atomic E-state index is 0. The molecule has 1 heterocycles. The molecule has 0 spiro atoms. The molecule has 3 N–H and O–H groups in total. The molecular weight excluding hydrogens is 320 g/mol. The van der Waals surface area contributed by atoms with E-state index >= 15 is 0 Å². The van der Waals surface area contributed by atoms with E-state index in [0.29, 0.717) is 0 Å². The fraction of sp³-hybridized carbons (Fsp3) is 0.261. The highest BCUT2D eigenvalue weighted by molar-refractivity contribution is 5.98. The van der Waals surface area contributed by atoms with E-state index in [1.165, 1.54) is 0 Å². The number of nitrogens with one attached hydrogen (secondary N) is 1. The minimum Gasteiger partial charge on any atom is -0.324 e. The monoisotopic (exact) mass is 352 g/mol. The number of benzene rings is 2. The normalized spacial score (nSPS) is 16.7. The molecule has 0 aromatic heterocycles. The largest absolute Gasteiger partial charge is 0.324 e. The van der Waals surface area contributed by atoms with Crippen molar-refractivity contribution in [2.75, 3.05) is 5.32 Å². The van der Waals surface area contributed by atoms with Crippen LogP contribution in [0.3, 0.4) is 0 Å². The van der Waals surface area contributed by atoms with E-state index in [0.717, 1.165) is 16.8 Å². The van der Waals surface area contributed by atoms with Crippen LogP contribution in [-0.2, 0) is 4.79 Å². The molecule has 0 fully saturated rings. The molecule has 2 unspecified atom stereocenters. The summed E-state index contributed by atoms with van der Waals surface area (Å²) in [6.07, 6.45) is 1.75. The predicted octanol–water partition coefficient (Wildman–Crippen LogP) is 5.20. The Bertz CT molecular complexity index is 748. The van der Waals surface area contributed by atoms with Gasteiger partial charge < -0.3 is 11.1 Å². The topological polar surface area (TPSA) is 55.1 Å². The minimum atomic E-state index is -0.797. The van der Waals surface area contributed by atoms with Gasteiger partial charge in [0.1, 0.15) is 6.04 Å². The maximum atomic E-state index is 11.8. The van der Waals surface area contributed by atoms with Gasteiger partial charge in [-0.25, -0.2) is 0 Å². The molecule has 26 heavy (non-hydrogen) atoms. The summed E-state index contributed by atoms with van der Waals surface area (Å²) in [6.45, 7) is 9.25. The molecule has 3 heteroatoms. The summed E-state index contributed by atoms with van der Waals surface area (Å²) in [5.41, 5.74) is 8.62. The average molecular weight is 353 g/mol. The number of fused-ring (bicyclic) bond motifs is 1. The lowest BCUT2D eigenvalue weighted by molar-refractivity contribution is -0.116. The fourth-order valence-corrected chi connectivity index (χ4v) is 2.30. The molecule has 0 aliphatic carbocycles. The second-order valence-electron chi connectivity index (χ2n) is 5.09. The van der Waals surface area contributed by atoms with Gasteiger partial charge in [-0.2, -0.15) is 0 Å². The lowest BCUT2D eigenvalue weighted by atomic mass is 9.89. The summed E-state index contributed by atoms with van der Waals surface area (Å²) in [5.74, 6) is 5.63. The van der Waals surface area contributed by atoms with E-state index in [-0.39, 0.29) is 20.7 Å². The third kappa shape index (κ3) is 6.23. The van der Waals surface area contributed by atoms with E-state index in [1.54, 1.807) is 6.08 Å². The first-order chi connectivity index (χ1) is 12.2. The molecule has 2 aromatic rings. The molecule has 2 aromatic carbocycles. The Hall–Kier alpha value is -2.83. The Morgan fingerprint density at radius 2 is 1.62 bits per heavy atom. The van der Waals surface area contributed by atoms with Crippen molar-refractivity contribution in [3.05, 3.63) is 78.4 Å². The Kier molecular flexibility index (Phi) is 11.2. The lowest BCUT2D eigenvalue weighted by Gasteiger charge is -2.20. The second kappa shape index (κ2) is 12.5. The molecule has 3 nitrogen and oxygen atoms in total. The maximum Gasteiger partial charge on any atom is 0.253 e. The van der Waals surface area contributed by atoms with E-state index < -0.39 is 6.04 Å². The summed E-state index contributed by atoms with van der Waals surface area (Å²) in [4.78, 5) is 11.8. The zero-order valence-corrected chi connectivity index (χ0v) is 15.1. The predicted molar refractivity (Wildman–Crippen MR) is 115 cm³/mol. The van der Waals surface area contributed by atoms with Crippen LogP contribution in [0.4, 0.5) is 5.69 Å². The van der Waals surface area contributed by atoms with Crippen LogP contribution in [0.25, 0.3) is 0 Å². The van der Waals surface area contributed by atoms with Crippen LogP contribution in [0.2, 0.25) is 0 Å². The fourth-order valence-electron chi connectivity index (χ4n) is 2.30. The van der Waals surface area contributed by atoms with Crippen LogP contribution in [-0.4, -0.2) is 11.9 Å². The van der Waals surface area contributed by atoms with E-state index in [2.05, 4.69) is 23.7 Å². The van der Waals surface area contributed by atoms with Crippen molar-refractivity contribution in [1.29, 1.82) is 0 Å². The van der Waals surface area contributed by atoms with Crippen molar-refractivity contribution in [1.82, 2.24) is 0 Å². The van der Waals surface area contributed by atoms with E-state index in [4.69, 9.17) is 5.73 Å². The van der Waals surface area contributed by atoms with E-state index in [1.807, 2.05) is 75.4 Å². The summed E-state index contributed by atoms with van der Waals surface area (Å²) in [6, 6.07) is 16.9. The van der Waals surface area contributed by atoms with Crippen molar-refractivity contribution in [2.24, 2.45) is 5.73 Å². The van der Waals surface area contributed by atoms with Crippen LogP contribution < -0.4 is 11.1 Å². The molecule has 2 atom stereocenters. The highest BCUT2D eigenvalue weighted by atomic mass is 16.2. The molecule has 1 aliphatic rings. The first-order valence-electron chi connectivity index (χ1n) is 8.45. The van der Waals surface area contributed by atoms with Gasteiger partial charge in [0.05, 0.1) is 5.92 Å². The SMILES string of the molecule is C.C=CC.CC.NC1C#CC(c2ccccc2)c2ccccc2NC1=O.[HH]. The molecule has 0 saturated carbocycles. The second-order valence-corrected chi connectivity index (χ2v) is 5.09. The molecular formula is C23H32N2O. The quantitative estimate of drug-likeness (QED) is 0.547. The van der Waals surface area contributed by atoms with Crippen LogP contribution >= 0.6 is 0 Å². The van der Waals surface area contributed by atoms with Crippen molar-refractivity contribution < 1.29 is 6.22 Å². The standard InChI is InChI=1S/C17H14N2O.C3H6.C2H6.CH4.H2/c18-15-11-10-13(12-6-2-1-3-7-12)14-8-4-5-9-16(14)19-17(15)20;1-3-2;1-2;;/h1-9,13,15H,18H2,(H,19,20);3H,1H2,2H3;1-2H3;1H4;1H. The van der Waals surface area contributed by atoms with Crippen molar-refractivity contribution in [3.63, 3.8) is 0 Å². The number of amides is 1. The highest BCUT2D eigenvalue weighted by Gasteiger charge is 2.21. The third-order valence-electron chi connectivity index (χ3n) is 3.33. The van der Waals surface area contributed by atoms with Gasteiger partial charge in [-0.15, -0.1) is 6.58 Å². The number of anilines is 1. The number of allylic oxidation sites excluding steroid dienone is 1. The number of hydrogen-bond acceptors (Lipinski definition) is 2. The Morgan fingerprint density at radius 1 is 1.08 bits per heavy atom. The number of nitrogens with two attached hydrogens (primary N) is 1. The van der Waals surface area contributed by atoms with Gasteiger partial charge in [0.25, 0.3) is 5.91 Å². The van der Waals surface area contributed by atoms with Gasteiger partial charge in [-0.1, -0.05) is 87.7 Å². The van der Waals surface area contributed by atoms with Gasteiger partial charge in [0.2, 0.25) is 0 Å². The number of carbonyl (C=O) groups excluding carboxylic acids is 1. The molecule has 0 radical (unpaired) electrons. The number of hydrogen-bond donors (Lipinski definition) is 2. The third-order valence-corrected chi connectivity index (χ3v) is 3.33. The maximum absolute atomic E-state index is 11.8. The van der Waals surface area contributed by atoms with Gasteiger partial charge in [-0.3, -0.25) is 4.79 Å². The van der Waals surface area contributed by atoms with Crippen molar-refractivity contribution >= 4 is 11.6 Å². The molecule has 140 valence electrons. The number of rotatable bonds is 1. The van der Waals surface area contributed by atoms with Crippen LogP contribution in [0.5, 0.6) is 0 Å². The molecule has 1 amide bonds. The smallest absolute Gasteiger partial charge is 0.253 e. The molecule has 0 saturated heterocycles. The van der Waals surface area contributed by atoms with Crippen molar-refractivity contribution in [2.45, 2.75) is 40.2 Å². The van der Waals surface area contributed by atoms with Crippen molar-refractivity contribution in [3.8, 4) is 11.8 Å². The summed E-state index contributed by atoms with van der Waals surface area (Å²) in [7, 11) is 0. The molecule has 3 rings (SSSR count). The van der Waals surface area contributed by atoms with Gasteiger partial charge in [0.15, 0.2) is 0 Å².